The van der Waals surface area contributed by atoms with Gasteiger partial charge in [-0.3, -0.25) is 0 Å². The quantitative estimate of drug-likeness (QED) is 0.704. The Kier molecular flexibility index (Phi) is 4.64. The van der Waals surface area contributed by atoms with E-state index in [9.17, 15) is 0 Å². The van der Waals surface area contributed by atoms with E-state index in [1.807, 2.05) is 0 Å². The van der Waals surface area contributed by atoms with Gasteiger partial charge in [0.25, 0.3) is 0 Å². The van der Waals surface area contributed by atoms with Crippen molar-refractivity contribution in [2.24, 2.45) is 17.3 Å². The van der Waals surface area contributed by atoms with Gasteiger partial charge in [-0.25, -0.2) is 0 Å². The summed E-state index contributed by atoms with van der Waals surface area (Å²) in [5, 5.41) is 3.69. The van der Waals surface area contributed by atoms with Crippen molar-refractivity contribution < 1.29 is 0 Å². The van der Waals surface area contributed by atoms with Crippen LogP contribution in [0, 0.1) is 17.3 Å². The molecule has 1 saturated carbocycles. The van der Waals surface area contributed by atoms with Gasteiger partial charge in [0.1, 0.15) is 0 Å². The van der Waals surface area contributed by atoms with Crippen molar-refractivity contribution in [3.8, 4) is 0 Å². The third-order valence-corrected chi connectivity index (χ3v) is 3.84. The van der Waals surface area contributed by atoms with Crippen molar-refractivity contribution in [1.82, 2.24) is 5.32 Å². The Hall–Kier alpha value is -0.0400. The normalized spacial score (nSPS) is 21.4. The van der Waals surface area contributed by atoms with Crippen LogP contribution in [-0.4, -0.2) is 12.6 Å². The highest BCUT2D eigenvalue weighted by Gasteiger charge is 2.28. The van der Waals surface area contributed by atoms with Crippen molar-refractivity contribution in [1.29, 1.82) is 0 Å². The molecule has 1 nitrogen and oxygen atoms in total. The van der Waals surface area contributed by atoms with E-state index in [0.29, 0.717) is 5.41 Å². The lowest BCUT2D eigenvalue weighted by Crippen LogP contribution is -2.34. The Balaban J connectivity index is 2.36. The van der Waals surface area contributed by atoms with Gasteiger partial charge in [-0.2, -0.15) is 0 Å². The summed E-state index contributed by atoms with van der Waals surface area (Å²) in [5.41, 5.74) is 0.450. The molecule has 1 aliphatic rings. The lowest BCUT2D eigenvalue weighted by atomic mass is 9.75. The Morgan fingerprint density at radius 1 is 1.27 bits per heavy atom. The first-order valence-electron chi connectivity index (χ1n) is 6.66. The summed E-state index contributed by atoms with van der Waals surface area (Å²) in [7, 11) is 0. The fourth-order valence-electron chi connectivity index (χ4n) is 1.99. The predicted molar refractivity (Wildman–Crippen MR) is 68.0 cm³/mol. The molecule has 1 heteroatoms. The van der Waals surface area contributed by atoms with Gasteiger partial charge in [-0.05, 0) is 43.1 Å². The Morgan fingerprint density at radius 3 is 2.27 bits per heavy atom. The molecule has 2 unspecified atom stereocenters. The summed E-state index contributed by atoms with van der Waals surface area (Å²) in [6.45, 7) is 13.1. The third-order valence-electron chi connectivity index (χ3n) is 3.84. The van der Waals surface area contributed by atoms with Gasteiger partial charge >= 0.3 is 0 Å². The molecule has 1 aliphatic carbocycles. The zero-order chi connectivity index (χ0) is 11.5. The molecule has 0 radical (unpaired) electrons. The minimum Gasteiger partial charge on any atom is -0.314 e. The average molecular weight is 211 g/mol. The Labute approximate surface area is 96.0 Å². The minimum absolute atomic E-state index is 0.450. The first-order chi connectivity index (χ1) is 6.93. The molecule has 0 heterocycles. The number of hydrogen-bond acceptors (Lipinski definition) is 1. The van der Waals surface area contributed by atoms with Crippen LogP contribution in [0.15, 0.2) is 0 Å². The third kappa shape index (κ3) is 5.01. The van der Waals surface area contributed by atoms with E-state index < -0.39 is 0 Å². The highest BCUT2D eigenvalue weighted by Crippen LogP contribution is 2.32. The topological polar surface area (TPSA) is 12.0 Å². The van der Waals surface area contributed by atoms with Crippen LogP contribution in [0.1, 0.15) is 60.3 Å². The second kappa shape index (κ2) is 5.34. The predicted octanol–water partition coefficient (Wildman–Crippen LogP) is 3.84. The van der Waals surface area contributed by atoms with E-state index in [2.05, 4.69) is 39.9 Å². The molecular formula is C14H29N. The maximum atomic E-state index is 3.69. The summed E-state index contributed by atoms with van der Waals surface area (Å²) < 4.78 is 0. The Morgan fingerprint density at radius 2 is 1.87 bits per heavy atom. The Bertz CT molecular complexity index is 176. The van der Waals surface area contributed by atoms with Crippen LogP contribution in [0.3, 0.4) is 0 Å². The molecule has 1 N–H and O–H groups in total. The van der Waals surface area contributed by atoms with Crippen LogP contribution in [0.5, 0.6) is 0 Å². The molecule has 1 fully saturated rings. The van der Waals surface area contributed by atoms with Crippen LogP contribution < -0.4 is 5.32 Å². The largest absolute Gasteiger partial charge is 0.314 e. The van der Waals surface area contributed by atoms with E-state index in [0.717, 1.165) is 17.9 Å². The van der Waals surface area contributed by atoms with E-state index in [4.69, 9.17) is 0 Å². The van der Waals surface area contributed by atoms with Gasteiger partial charge in [-0.1, -0.05) is 41.0 Å². The van der Waals surface area contributed by atoms with Crippen molar-refractivity contribution >= 4 is 0 Å². The summed E-state index contributed by atoms with van der Waals surface area (Å²) in [6, 6.07) is 0.854. The molecule has 90 valence electrons. The highest BCUT2D eigenvalue weighted by atomic mass is 14.9. The summed E-state index contributed by atoms with van der Waals surface area (Å²) >= 11 is 0. The van der Waals surface area contributed by atoms with E-state index in [1.165, 1.54) is 32.2 Å². The molecule has 0 aromatic heterocycles. The van der Waals surface area contributed by atoms with Gasteiger partial charge in [0.05, 0.1) is 0 Å². The smallest absolute Gasteiger partial charge is 0.00683 e. The average Bonchev–Trinajstić information content (AvgIpc) is 2.93. The van der Waals surface area contributed by atoms with Gasteiger partial charge < -0.3 is 5.32 Å². The first kappa shape index (κ1) is 13.0. The maximum Gasteiger partial charge on any atom is 0.00683 e. The van der Waals surface area contributed by atoms with E-state index >= 15 is 0 Å². The molecule has 0 aromatic carbocycles. The van der Waals surface area contributed by atoms with Crippen LogP contribution in [0.2, 0.25) is 0 Å². The molecule has 0 aliphatic heterocycles. The number of nitrogens with one attached hydrogen (secondary N) is 1. The molecule has 0 amide bonds. The van der Waals surface area contributed by atoms with Gasteiger partial charge in [-0.15, -0.1) is 0 Å². The molecule has 0 spiro atoms. The van der Waals surface area contributed by atoms with E-state index in [1.54, 1.807) is 0 Å². The zero-order valence-electron chi connectivity index (χ0n) is 11.3. The molecule has 0 bridgehead atoms. The zero-order valence-corrected chi connectivity index (χ0v) is 11.3. The van der Waals surface area contributed by atoms with E-state index in [-0.39, 0.29) is 0 Å². The fraction of sp³-hybridized carbons (Fsp3) is 1.00. The van der Waals surface area contributed by atoms with Crippen LogP contribution in [0.25, 0.3) is 0 Å². The van der Waals surface area contributed by atoms with Gasteiger partial charge in [0.2, 0.25) is 0 Å². The molecular weight excluding hydrogens is 182 g/mol. The molecule has 0 aromatic rings. The monoisotopic (exact) mass is 211 g/mol. The van der Waals surface area contributed by atoms with Crippen molar-refractivity contribution in [3.05, 3.63) is 0 Å². The second-order valence-electron chi connectivity index (χ2n) is 6.49. The lowest BCUT2D eigenvalue weighted by molar-refractivity contribution is 0.192. The lowest BCUT2D eigenvalue weighted by Gasteiger charge is -2.33. The second-order valence-corrected chi connectivity index (χ2v) is 6.49. The maximum absolute atomic E-state index is 3.69. The molecule has 0 saturated heterocycles. The summed E-state index contributed by atoms with van der Waals surface area (Å²) in [5.74, 6) is 1.70. The van der Waals surface area contributed by atoms with Gasteiger partial charge in [0.15, 0.2) is 0 Å². The SMILES string of the molecule is CCC(C)CC(CNC1CC1)C(C)(C)C. The van der Waals surface area contributed by atoms with Crippen molar-refractivity contribution in [2.45, 2.75) is 66.3 Å². The van der Waals surface area contributed by atoms with Gasteiger partial charge in [0, 0.05) is 6.04 Å². The minimum atomic E-state index is 0.450. The van der Waals surface area contributed by atoms with Crippen molar-refractivity contribution in [3.63, 3.8) is 0 Å². The van der Waals surface area contributed by atoms with Crippen molar-refractivity contribution in [2.75, 3.05) is 6.54 Å². The first-order valence-corrected chi connectivity index (χ1v) is 6.66. The highest BCUT2D eigenvalue weighted by molar-refractivity contribution is 4.85. The standard InChI is InChI=1S/C14H29N/c1-6-11(2)9-12(14(3,4)5)10-15-13-7-8-13/h11-13,15H,6-10H2,1-5H3. The van der Waals surface area contributed by atoms with Crippen LogP contribution in [0.4, 0.5) is 0 Å². The molecule has 1 rings (SSSR count). The summed E-state index contributed by atoms with van der Waals surface area (Å²) in [6.07, 6.45) is 5.50. The fourth-order valence-corrected chi connectivity index (χ4v) is 1.99. The summed E-state index contributed by atoms with van der Waals surface area (Å²) in [4.78, 5) is 0. The molecule has 15 heavy (non-hydrogen) atoms. The molecule has 2 atom stereocenters. The van der Waals surface area contributed by atoms with Crippen LogP contribution >= 0.6 is 0 Å². The number of rotatable bonds is 6. The number of hydrogen-bond donors (Lipinski definition) is 1. The van der Waals surface area contributed by atoms with Crippen LogP contribution in [-0.2, 0) is 0 Å².